The quantitative estimate of drug-likeness (QED) is 0.743. The first-order valence-corrected chi connectivity index (χ1v) is 7.09. The lowest BCUT2D eigenvalue weighted by Gasteiger charge is -2.32. The molecule has 0 saturated carbocycles. The van der Waals surface area contributed by atoms with E-state index in [0.717, 1.165) is 12.1 Å². The van der Waals surface area contributed by atoms with Gasteiger partial charge in [0.05, 0.1) is 0 Å². The molecule has 4 N–H and O–H groups in total. The second-order valence-electron chi connectivity index (χ2n) is 5.93. The monoisotopic (exact) mass is 278 g/mol. The molecule has 0 radical (unpaired) electrons. The number of hydrogen-bond donors (Lipinski definition) is 3. The topological polar surface area (TPSA) is 80.0 Å². The van der Waals surface area contributed by atoms with Crippen LogP contribution in [0, 0.1) is 5.41 Å². The number of anilines is 1. The van der Waals surface area contributed by atoms with Crippen LogP contribution in [0.3, 0.4) is 0 Å². The largest absolute Gasteiger partial charge is 0.382 e. The number of pyridine rings is 1. The molecular formula is C15H26N4O. The van der Waals surface area contributed by atoms with Gasteiger partial charge in [0.25, 0.3) is 5.91 Å². The Labute approximate surface area is 121 Å². The highest BCUT2D eigenvalue weighted by molar-refractivity contribution is 5.93. The average Bonchev–Trinajstić information content (AvgIpc) is 2.38. The minimum Gasteiger partial charge on any atom is -0.382 e. The lowest BCUT2D eigenvalue weighted by Crippen LogP contribution is -2.36. The predicted octanol–water partition coefficient (Wildman–Crippen LogP) is 2.01. The number of rotatable bonds is 6. The van der Waals surface area contributed by atoms with Crippen molar-refractivity contribution < 1.29 is 4.79 Å². The van der Waals surface area contributed by atoms with E-state index in [2.05, 4.69) is 36.4 Å². The zero-order valence-electron chi connectivity index (χ0n) is 12.9. The Balaban J connectivity index is 2.86. The van der Waals surface area contributed by atoms with Gasteiger partial charge in [0.15, 0.2) is 0 Å². The lowest BCUT2D eigenvalue weighted by molar-refractivity contribution is 0.0951. The minimum absolute atomic E-state index is 0.0917. The van der Waals surface area contributed by atoms with Crippen molar-refractivity contribution in [3.8, 4) is 0 Å². The van der Waals surface area contributed by atoms with Crippen LogP contribution in [0.1, 0.15) is 44.6 Å². The minimum atomic E-state index is -0.151. The molecule has 0 saturated heterocycles. The summed E-state index contributed by atoms with van der Waals surface area (Å²) in [5.74, 6) is -0.151. The molecule has 0 aliphatic heterocycles. The number of nitrogens with zero attached hydrogens (tertiary/aromatic N) is 1. The van der Waals surface area contributed by atoms with Gasteiger partial charge < -0.3 is 16.4 Å². The first-order valence-electron chi connectivity index (χ1n) is 7.09. The third-order valence-corrected chi connectivity index (χ3v) is 3.17. The second kappa shape index (κ2) is 7.24. The fourth-order valence-electron chi connectivity index (χ4n) is 1.99. The average molecular weight is 278 g/mol. The molecule has 1 heterocycles. The van der Waals surface area contributed by atoms with Crippen LogP contribution in [-0.4, -0.2) is 30.0 Å². The van der Waals surface area contributed by atoms with E-state index in [9.17, 15) is 4.79 Å². The van der Waals surface area contributed by atoms with E-state index < -0.39 is 0 Å². The molecule has 0 spiro atoms. The van der Waals surface area contributed by atoms with E-state index in [1.54, 1.807) is 12.3 Å². The Kier molecular flexibility index (Phi) is 5.95. The van der Waals surface area contributed by atoms with E-state index in [1.807, 2.05) is 13.0 Å². The summed E-state index contributed by atoms with van der Waals surface area (Å²) in [5, 5.41) is 6.21. The standard InChI is InChI=1S/C15H26N4O/c1-5-17-14(20)12-10-11(7-9-18-12)19-13(6-8-16)15(2,3)4/h7,9-10,13H,5-6,8,16H2,1-4H3,(H,17,20)(H,18,19). The fourth-order valence-corrected chi connectivity index (χ4v) is 1.99. The summed E-state index contributed by atoms with van der Waals surface area (Å²) in [6.45, 7) is 9.63. The lowest BCUT2D eigenvalue weighted by atomic mass is 9.84. The molecule has 1 unspecified atom stereocenters. The van der Waals surface area contributed by atoms with Crippen molar-refractivity contribution in [2.24, 2.45) is 11.1 Å². The van der Waals surface area contributed by atoms with Gasteiger partial charge in [-0.2, -0.15) is 0 Å². The first kappa shape index (κ1) is 16.4. The molecule has 1 aromatic rings. The van der Waals surface area contributed by atoms with Crippen molar-refractivity contribution in [2.45, 2.75) is 40.2 Å². The van der Waals surface area contributed by atoms with Gasteiger partial charge in [0.2, 0.25) is 0 Å². The maximum Gasteiger partial charge on any atom is 0.269 e. The first-order chi connectivity index (χ1) is 9.38. The summed E-state index contributed by atoms with van der Waals surface area (Å²) in [7, 11) is 0. The van der Waals surface area contributed by atoms with Crippen molar-refractivity contribution in [1.82, 2.24) is 10.3 Å². The van der Waals surface area contributed by atoms with Gasteiger partial charge in [-0.1, -0.05) is 20.8 Å². The third kappa shape index (κ3) is 4.81. The Morgan fingerprint density at radius 2 is 2.15 bits per heavy atom. The van der Waals surface area contributed by atoms with Gasteiger partial charge in [0.1, 0.15) is 5.69 Å². The molecule has 5 heteroatoms. The number of nitrogens with two attached hydrogens (primary N) is 1. The molecule has 1 aromatic heterocycles. The van der Waals surface area contributed by atoms with E-state index in [1.165, 1.54) is 0 Å². The van der Waals surface area contributed by atoms with Gasteiger partial charge in [-0.3, -0.25) is 9.78 Å². The van der Waals surface area contributed by atoms with Gasteiger partial charge in [0, 0.05) is 24.5 Å². The highest BCUT2D eigenvalue weighted by Crippen LogP contribution is 2.25. The number of hydrogen-bond acceptors (Lipinski definition) is 4. The predicted molar refractivity (Wildman–Crippen MR) is 82.8 cm³/mol. The smallest absolute Gasteiger partial charge is 0.269 e. The molecule has 0 bridgehead atoms. The van der Waals surface area contributed by atoms with Crippen LogP contribution >= 0.6 is 0 Å². The zero-order valence-corrected chi connectivity index (χ0v) is 12.9. The van der Waals surface area contributed by atoms with E-state index in [0.29, 0.717) is 18.8 Å². The summed E-state index contributed by atoms with van der Waals surface area (Å²) < 4.78 is 0. The summed E-state index contributed by atoms with van der Waals surface area (Å²) in [6.07, 6.45) is 2.53. The van der Waals surface area contributed by atoms with Crippen molar-refractivity contribution in [1.29, 1.82) is 0 Å². The molecule has 112 valence electrons. The van der Waals surface area contributed by atoms with Crippen LogP contribution in [0.25, 0.3) is 0 Å². The highest BCUT2D eigenvalue weighted by Gasteiger charge is 2.23. The van der Waals surface area contributed by atoms with Crippen molar-refractivity contribution in [3.05, 3.63) is 24.0 Å². The number of carbonyl (C=O) groups is 1. The summed E-state index contributed by atoms with van der Waals surface area (Å²) in [6, 6.07) is 3.90. The molecule has 0 fully saturated rings. The van der Waals surface area contributed by atoms with Crippen molar-refractivity contribution >= 4 is 11.6 Å². The fraction of sp³-hybridized carbons (Fsp3) is 0.600. The Bertz CT molecular complexity index is 440. The number of amides is 1. The molecule has 0 aliphatic carbocycles. The van der Waals surface area contributed by atoms with Gasteiger partial charge in [-0.15, -0.1) is 0 Å². The number of nitrogens with one attached hydrogen (secondary N) is 2. The maximum atomic E-state index is 11.8. The molecule has 1 rings (SSSR count). The Morgan fingerprint density at radius 3 is 2.70 bits per heavy atom. The number of aromatic nitrogens is 1. The summed E-state index contributed by atoms with van der Waals surface area (Å²) in [4.78, 5) is 15.9. The van der Waals surface area contributed by atoms with E-state index in [-0.39, 0.29) is 17.4 Å². The third-order valence-electron chi connectivity index (χ3n) is 3.17. The molecule has 1 atom stereocenters. The molecule has 0 aliphatic rings. The number of carbonyl (C=O) groups excluding carboxylic acids is 1. The zero-order chi connectivity index (χ0) is 15.2. The Morgan fingerprint density at radius 1 is 1.45 bits per heavy atom. The maximum absolute atomic E-state index is 11.8. The van der Waals surface area contributed by atoms with Crippen LogP contribution in [0.4, 0.5) is 5.69 Å². The molecule has 5 nitrogen and oxygen atoms in total. The normalized spacial score (nSPS) is 12.8. The summed E-state index contributed by atoms with van der Waals surface area (Å²) >= 11 is 0. The van der Waals surface area contributed by atoms with Crippen LogP contribution in [0.5, 0.6) is 0 Å². The van der Waals surface area contributed by atoms with Crippen molar-refractivity contribution in [3.63, 3.8) is 0 Å². The summed E-state index contributed by atoms with van der Waals surface area (Å²) in [5.41, 5.74) is 7.10. The van der Waals surface area contributed by atoms with E-state index in [4.69, 9.17) is 5.73 Å². The SMILES string of the molecule is CCNC(=O)c1cc(NC(CCN)C(C)(C)C)ccn1. The van der Waals surface area contributed by atoms with E-state index >= 15 is 0 Å². The second-order valence-corrected chi connectivity index (χ2v) is 5.93. The van der Waals surface area contributed by atoms with Crippen LogP contribution in [0.15, 0.2) is 18.3 Å². The van der Waals surface area contributed by atoms with Crippen molar-refractivity contribution in [2.75, 3.05) is 18.4 Å². The van der Waals surface area contributed by atoms with Crippen LogP contribution < -0.4 is 16.4 Å². The highest BCUT2D eigenvalue weighted by atomic mass is 16.1. The van der Waals surface area contributed by atoms with Gasteiger partial charge in [-0.05, 0) is 37.4 Å². The molecule has 1 amide bonds. The molecule has 20 heavy (non-hydrogen) atoms. The molecule has 0 aromatic carbocycles. The van der Waals surface area contributed by atoms with Gasteiger partial charge >= 0.3 is 0 Å². The Hall–Kier alpha value is -1.62. The molecular weight excluding hydrogens is 252 g/mol. The van der Waals surface area contributed by atoms with Crippen LogP contribution in [-0.2, 0) is 0 Å². The van der Waals surface area contributed by atoms with Gasteiger partial charge in [-0.25, -0.2) is 0 Å². The van der Waals surface area contributed by atoms with Crippen LogP contribution in [0.2, 0.25) is 0 Å².